The van der Waals surface area contributed by atoms with Gasteiger partial charge in [-0.05, 0) is 25.0 Å². The summed E-state index contributed by atoms with van der Waals surface area (Å²) in [5.41, 5.74) is 0.220. The molecular formula is C13H14ClNO3. The molecule has 1 aliphatic rings. The largest absolute Gasteiger partial charge is 0.478 e. The molecule has 0 saturated heterocycles. The number of hydrogen-bond donors (Lipinski definition) is 2. The molecule has 18 heavy (non-hydrogen) atoms. The summed E-state index contributed by atoms with van der Waals surface area (Å²) in [7, 11) is 0. The van der Waals surface area contributed by atoms with Gasteiger partial charge in [-0.25, -0.2) is 4.79 Å². The third-order valence-corrected chi connectivity index (χ3v) is 3.53. The number of aromatic carboxylic acids is 1. The van der Waals surface area contributed by atoms with Crippen molar-refractivity contribution < 1.29 is 14.7 Å². The van der Waals surface area contributed by atoms with Crippen LogP contribution in [0.2, 0.25) is 5.02 Å². The summed E-state index contributed by atoms with van der Waals surface area (Å²) in [6, 6.07) is 4.55. The van der Waals surface area contributed by atoms with Crippen LogP contribution in [0.4, 0.5) is 5.69 Å². The van der Waals surface area contributed by atoms with E-state index in [0.29, 0.717) is 0 Å². The zero-order valence-electron chi connectivity index (χ0n) is 9.78. The Kier molecular flexibility index (Phi) is 3.87. The minimum atomic E-state index is -1.10. The highest BCUT2D eigenvalue weighted by Crippen LogP contribution is 2.30. The molecule has 5 heteroatoms. The Morgan fingerprint density at radius 1 is 1.28 bits per heavy atom. The SMILES string of the molecule is O=C(O)c1cccc(Cl)c1NC(=O)C1CCCC1. The van der Waals surface area contributed by atoms with Gasteiger partial charge in [-0.1, -0.05) is 30.5 Å². The Bertz CT molecular complexity index is 481. The van der Waals surface area contributed by atoms with Crippen LogP contribution in [-0.2, 0) is 4.79 Å². The number of benzene rings is 1. The van der Waals surface area contributed by atoms with Crippen LogP contribution >= 0.6 is 11.6 Å². The van der Waals surface area contributed by atoms with Gasteiger partial charge in [0, 0.05) is 5.92 Å². The molecule has 2 rings (SSSR count). The maximum Gasteiger partial charge on any atom is 0.337 e. The first kappa shape index (κ1) is 12.9. The minimum Gasteiger partial charge on any atom is -0.478 e. The summed E-state index contributed by atoms with van der Waals surface area (Å²) in [5, 5.41) is 12.0. The Labute approximate surface area is 110 Å². The fraction of sp³-hybridized carbons (Fsp3) is 0.385. The molecule has 0 radical (unpaired) electrons. The molecule has 96 valence electrons. The van der Waals surface area contributed by atoms with Gasteiger partial charge in [0.25, 0.3) is 0 Å². The highest BCUT2D eigenvalue weighted by molar-refractivity contribution is 6.34. The van der Waals surface area contributed by atoms with E-state index in [2.05, 4.69) is 5.32 Å². The molecule has 1 amide bonds. The van der Waals surface area contributed by atoms with E-state index in [1.165, 1.54) is 6.07 Å². The van der Waals surface area contributed by atoms with Gasteiger partial charge < -0.3 is 10.4 Å². The van der Waals surface area contributed by atoms with Crippen molar-refractivity contribution in [3.05, 3.63) is 28.8 Å². The normalized spacial score (nSPS) is 15.6. The van der Waals surface area contributed by atoms with Crippen LogP contribution in [0.15, 0.2) is 18.2 Å². The van der Waals surface area contributed by atoms with Gasteiger partial charge in [0.2, 0.25) is 5.91 Å². The second kappa shape index (κ2) is 5.40. The average Bonchev–Trinajstić information content (AvgIpc) is 2.85. The van der Waals surface area contributed by atoms with Gasteiger partial charge in [0.15, 0.2) is 0 Å². The van der Waals surface area contributed by atoms with Gasteiger partial charge in [-0.2, -0.15) is 0 Å². The molecule has 1 aromatic rings. The van der Waals surface area contributed by atoms with Gasteiger partial charge in [-0.3, -0.25) is 4.79 Å². The number of carbonyl (C=O) groups excluding carboxylic acids is 1. The number of carbonyl (C=O) groups is 2. The van der Waals surface area contributed by atoms with Crippen molar-refractivity contribution >= 4 is 29.2 Å². The van der Waals surface area contributed by atoms with E-state index in [1.54, 1.807) is 12.1 Å². The molecule has 1 aromatic carbocycles. The first-order valence-electron chi connectivity index (χ1n) is 5.92. The average molecular weight is 268 g/mol. The molecule has 0 aromatic heterocycles. The van der Waals surface area contributed by atoms with E-state index in [9.17, 15) is 9.59 Å². The van der Waals surface area contributed by atoms with Crippen LogP contribution in [0, 0.1) is 5.92 Å². The van der Waals surface area contributed by atoms with E-state index in [0.717, 1.165) is 25.7 Å². The predicted molar refractivity (Wildman–Crippen MR) is 69.0 cm³/mol. The number of anilines is 1. The Morgan fingerprint density at radius 2 is 1.94 bits per heavy atom. The van der Waals surface area contributed by atoms with Crippen LogP contribution < -0.4 is 5.32 Å². The molecule has 0 unspecified atom stereocenters. The molecule has 1 aliphatic carbocycles. The number of nitrogens with one attached hydrogen (secondary N) is 1. The maximum absolute atomic E-state index is 12.0. The van der Waals surface area contributed by atoms with Crippen LogP contribution in [0.1, 0.15) is 36.0 Å². The third-order valence-electron chi connectivity index (χ3n) is 3.22. The molecule has 0 spiro atoms. The third kappa shape index (κ3) is 2.64. The van der Waals surface area contributed by atoms with Gasteiger partial charge in [0.05, 0.1) is 16.3 Å². The van der Waals surface area contributed by atoms with Crippen molar-refractivity contribution in [1.29, 1.82) is 0 Å². The van der Waals surface area contributed by atoms with Crippen molar-refractivity contribution in [1.82, 2.24) is 0 Å². The summed E-state index contributed by atoms with van der Waals surface area (Å²) < 4.78 is 0. The molecule has 0 atom stereocenters. The fourth-order valence-electron chi connectivity index (χ4n) is 2.24. The number of halogens is 1. The molecule has 1 saturated carbocycles. The monoisotopic (exact) mass is 267 g/mol. The Hall–Kier alpha value is -1.55. The standard InChI is InChI=1S/C13H14ClNO3/c14-10-7-3-6-9(13(17)18)11(10)15-12(16)8-4-1-2-5-8/h3,6-8H,1-2,4-5H2,(H,15,16)(H,17,18). The van der Waals surface area contributed by atoms with Crippen LogP contribution in [-0.4, -0.2) is 17.0 Å². The van der Waals surface area contributed by atoms with E-state index in [4.69, 9.17) is 16.7 Å². The Balaban J connectivity index is 2.22. The molecule has 2 N–H and O–H groups in total. The maximum atomic E-state index is 12.0. The summed E-state index contributed by atoms with van der Waals surface area (Å²) in [6.45, 7) is 0. The van der Waals surface area contributed by atoms with E-state index < -0.39 is 5.97 Å². The topological polar surface area (TPSA) is 66.4 Å². The van der Waals surface area contributed by atoms with Crippen molar-refractivity contribution in [2.24, 2.45) is 5.92 Å². The lowest BCUT2D eigenvalue weighted by Crippen LogP contribution is -2.22. The molecule has 0 heterocycles. The van der Waals surface area contributed by atoms with Crippen LogP contribution in [0.25, 0.3) is 0 Å². The van der Waals surface area contributed by atoms with Gasteiger partial charge >= 0.3 is 5.97 Å². The highest BCUT2D eigenvalue weighted by Gasteiger charge is 2.24. The summed E-state index contributed by atoms with van der Waals surface area (Å²) in [5.74, 6) is -1.26. The molecule has 0 aliphatic heterocycles. The van der Waals surface area contributed by atoms with Crippen molar-refractivity contribution in [3.8, 4) is 0 Å². The molecule has 0 bridgehead atoms. The van der Waals surface area contributed by atoms with Gasteiger partial charge in [0.1, 0.15) is 0 Å². The number of carboxylic acid groups (broad SMARTS) is 1. The second-order valence-electron chi connectivity index (χ2n) is 4.44. The summed E-state index contributed by atoms with van der Waals surface area (Å²) >= 11 is 5.95. The smallest absolute Gasteiger partial charge is 0.337 e. The number of hydrogen-bond acceptors (Lipinski definition) is 2. The second-order valence-corrected chi connectivity index (χ2v) is 4.85. The molecule has 4 nitrogen and oxygen atoms in total. The summed E-state index contributed by atoms with van der Waals surface area (Å²) in [6.07, 6.45) is 3.82. The lowest BCUT2D eigenvalue weighted by atomic mass is 10.1. The van der Waals surface area contributed by atoms with Gasteiger partial charge in [-0.15, -0.1) is 0 Å². The van der Waals surface area contributed by atoms with Crippen molar-refractivity contribution in [3.63, 3.8) is 0 Å². The van der Waals surface area contributed by atoms with E-state index in [-0.39, 0.29) is 28.1 Å². The molecular weight excluding hydrogens is 254 g/mol. The van der Waals surface area contributed by atoms with Crippen molar-refractivity contribution in [2.75, 3.05) is 5.32 Å². The van der Waals surface area contributed by atoms with E-state index >= 15 is 0 Å². The zero-order chi connectivity index (χ0) is 13.1. The zero-order valence-corrected chi connectivity index (χ0v) is 10.5. The minimum absolute atomic E-state index is 0.0221. The Morgan fingerprint density at radius 3 is 2.56 bits per heavy atom. The lowest BCUT2D eigenvalue weighted by molar-refractivity contribution is -0.119. The number of rotatable bonds is 3. The molecule has 1 fully saturated rings. The highest BCUT2D eigenvalue weighted by atomic mass is 35.5. The number of amides is 1. The van der Waals surface area contributed by atoms with E-state index in [1.807, 2.05) is 0 Å². The number of para-hydroxylation sites is 1. The fourth-order valence-corrected chi connectivity index (χ4v) is 2.46. The number of carboxylic acids is 1. The summed E-state index contributed by atoms with van der Waals surface area (Å²) in [4.78, 5) is 23.0. The lowest BCUT2D eigenvalue weighted by Gasteiger charge is -2.13. The quantitative estimate of drug-likeness (QED) is 0.884. The van der Waals surface area contributed by atoms with Crippen molar-refractivity contribution in [2.45, 2.75) is 25.7 Å². The first-order chi connectivity index (χ1) is 8.59. The van der Waals surface area contributed by atoms with Crippen LogP contribution in [0.3, 0.4) is 0 Å². The van der Waals surface area contributed by atoms with Crippen LogP contribution in [0.5, 0.6) is 0 Å². The first-order valence-corrected chi connectivity index (χ1v) is 6.30. The predicted octanol–water partition coefficient (Wildman–Crippen LogP) is 3.17.